The van der Waals surface area contributed by atoms with Gasteiger partial charge < -0.3 is 4.90 Å². The van der Waals surface area contributed by atoms with E-state index in [1.54, 1.807) is 65.6 Å². The third-order valence-corrected chi connectivity index (χ3v) is 8.97. The van der Waals surface area contributed by atoms with Gasteiger partial charge in [-0.25, -0.2) is 4.39 Å². The highest BCUT2D eigenvalue weighted by molar-refractivity contribution is 6.35. The summed E-state index contributed by atoms with van der Waals surface area (Å²) in [5.41, 5.74) is 0.104. The highest BCUT2D eigenvalue weighted by Gasteiger charge is 2.71. The highest BCUT2D eigenvalue weighted by atomic mass is 35.5. The predicted octanol–water partition coefficient (Wildman–Crippen LogP) is 6.70. The van der Waals surface area contributed by atoms with Crippen LogP contribution in [-0.2, 0) is 0 Å². The molecule has 42 heavy (non-hydrogen) atoms. The molecule has 3 aliphatic rings. The second-order valence-corrected chi connectivity index (χ2v) is 11.0. The van der Waals surface area contributed by atoms with E-state index in [9.17, 15) is 28.9 Å². The molecule has 0 radical (unpaired) electrons. The van der Waals surface area contributed by atoms with Crippen molar-refractivity contribution in [3.8, 4) is 0 Å². The van der Waals surface area contributed by atoms with Gasteiger partial charge in [-0.1, -0.05) is 72.3 Å². The van der Waals surface area contributed by atoms with E-state index in [4.69, 9.17) is 11.6 Å². The number of fused-ring (bicyclic) bond motifs is 5. The molecule has 206 valence electrons. The minimum absolute atomic E-state index is 0.175. The van der Waals surface area contributed by atoms with Gasteiger partial charge in [-0.05, 0) is 35.9 Å². The summed E-state index contributed by atoms with van der Waals surface area (Å²) in [5, 5.41) is 11.7. The summed E-state index contributed by atoms with van der Waals surface area (Å²) >= 11 is 6.51. The van der Waals surface area contributed by atoms with E-state index in [1.807, 2.05) is 0 Å². The number of carbonyl (C=O) groups is 3. The lowest BCUT2D eigenvalue weighted by atomic mass is 9.64. The number of benzene rings is 4. The van der Waals surface area contributed by atoms with E-state index in [1.165, 1.54) is 42.5 Å². The van der Waals surface area contributed by atoms with E-state index in [0.29, 0.717) is 16.8 Å². The van der Waals surface area contributed by atoms with Crippen LogP contribution in [-0.4, -0.2) is 34.4 Å². The molecular weight excluding hydrogens is 559 g/mol. The summed E-state index contributed by atoms with van der Waals surface area (Å²) < 4.78 is 14.4. The van der Waals surface area contributed by atoms with Crippen LogP contribution < -0.4 is 4.90 Å². The lowest BCUT2D eigenvalue weighted by Gasteiger charge is -2.37. The molecule has 2 aliphatic heterocycles. The molecule has 1 spiro atoms. The van der Waals surface area contributed by atoms with Crippen LogP contribution in [0.2, 0.25) is 5.02 Å². The normalized spacial score (nSPS) is 21.3. The van der Waals surface area contributed by atoms with Crippen LogP contribution in [0.5, 0.6) is 0 Å². The van der Waals surface area contributed by atoms with Gasteiger partial charge in [0.2, 0.25) is 0 Å². The molecule has 3 atom stereocenters. The number of hydrogen-bond acceptors (Lipinski definition) is 6. The van der Waals surface area contributed by atoms with Gasteiger partial charge in [-0.15, -0.1) is 0 Å². The second-order valence-electron chi connectivity index (χ2n) is 10.6. The van der Waals surface area contributed by atoms with E-state index < -0.39 is 51.5 Å². The summed E-state index contributed by atoms with van der Waals surface area (Å²) in [4.78, 5) is 56.5. The Bertz CT molecular complexity index is 1850. The summed E-state index contributed by atoms with van der Waals surface area (Å²) in [5.74, 6) is -2.86. The van der Waals surface area contributed by atoms with Crippen LogP contribution >= 0.6 is 11.6 Å². The Kier molecular flexibility index (Phi) is 5.75. The van der Waals surface area contributed by atoms with Crippen molar-refractivity contribution in [2.24, 2.45) is 5.41 Å². The zero-order chi connectivity index (χ0) is 29.3. The quantitative estimate of drug-likeness (QED) is 0.116. The Hall–Kier alpha value is -4.95. The number of nitro groups is 1. The third-order valence-electron chi connectivity index (χ3n) is 8.64. The number of ketones is 3. The Morgan fingerprint density at radius 3 is 2.19 bits per heavy atom. The van der Waals surface area contributed by atoms with Gasteiger partial charge in [0.1, 0.15) is 17.3 Å². The fourth-order valence-corrected chi connectivity index (χ4v) is 7.17. The maximum atomic E-state index is 14.6. The lowest BCUT2D eigenvalue weighted by Crippen LogP contribution is -2.48. The fourth-order valence-electron chi connectivity index (χ4n) is 6.94. The van der Waals surface area contributed by atoms with Crippen LogP contribution in [0.1, 0.15) is 48.1 Å². The zero-order valence-corrected chi connectivity index (χ0v) is 22.5. The van der Waals surface area contributed by atoms with Crippen molar-refractivity contribution >= 4 is 46.4 Å². The fraction of sp³-hybridized carbons (Fsp3) is 0.121. The van der Waals surface area contributed by atoms with Gasteiger partial charge in [-0.2, -0.15) is 0 Å². The number of rotatable bonds is 4. The molecular formula is C33H20ClFN2O5. The minimum Gasteiger partial charge on any atom is -0.352 e. The molecule has 1 saturated heterocycles. The molecule has 1 fully saturated rings. The van der Waals surface area contributed by atoms with Crippen LogP contribution in [0.15, 0.2) is 97.1 Å². The molecule has 0 saturated carbocycles. The molecule has 4 aromatic rings. The number of Topliss-reactive ketones (excluding diaryl/α,β-unsaturated/α-hetero) is 3. The molecule has 0 amide bonds. The van der Waals surface area contributed by atoms with Gasteiger partial charge in [0.15, 0.2) is 17.3 Å². The zero-order valence-electron chi connectivity index (χ0n) is 21.7. The molecule has 1 unspecified atom stereocenters. The van der Waals surface area contributed by atoms with Crippen LogP contribution in [0, 0.1) is 21.3 Å². The van der Waals surface area contributed by atoms with Crippen molar-refractivity contribution < 1.29 is 23.7 Å². The first-order chi connectivity index (χ1) is 20.2. The number of nitrogens with zero attached hydrogens (tertiary/aromatic N) is 2. The predicted molar refractivity (Wildman–Crippen MR) is 155 cm³/mol. The maximum Gasteiger partial charge on any atom is 0.269 e. The second kappa shape index (κ2) is 9.29. The largest absolute Gasteiger partial charge is 0.352 e. The monoisotopic (exact) mass is 578 g/mol. The van der Waals surface area contributed by atoms with Crippen molar-refractivity contribution in [2.45, 2.75) is 18.0 Å². The number of carbonyl (C=O) groups excluding carboxylic acids is 3. The smallest absolute Gasteiger partial charge is 0.269 e. The van der Waals surface area contributed by atoms with Crippen LogP contribution in [0.25, 0.3) is 6.08 Å². The summed E-state index contributed by atoms with van der Waals surface area (Å²) in [7, 11) is 0. The number of non-ortho nitro benzene ring substituents is 1. The molecule has 9 heteroatoms. The first-order valence-electron chi connectivity index (χ1n) is 13.2. The number of nitro benzene ring substituents is 1. The standard InChI is InChI=1S/C33H20ClFN2O5/c34-25-8-4-3-7-24(25)30(38)29-28(18-9-13-21(14-10-18)37(41)42)33(31(39)22-5-1-2-6-23(22)32(33)40)27-16-11-19-17-20(35)12-15-26(19)36(27)29/h1-17,27-29H/t27?,28-,29+/m1/s1. The summed E-state index contributed by atoms with van der Waals surface area (Å²) in [6, 6.07) is 20.7. The van der Waals surface area contributed by atoms with Crippen molar-refractivity contribution in [3.05, 3.63) is 146 Å². The SMILES string of the molecule is O=C(c1ccccc1Cl)[C@@H]1[C@@H](c2ccc([N+](=O)[O-])cc2)C2(C(=O)c3ccccc3C2=O)C2C=Cc3cc(F)ccc3N21. The van der Waals surface area contributed by atoms with Crippen molar-refractivity contribution in [3.63, 3.8) is 0 Å². The number of halogens is 2. The Labute approximate surface area is 244 Å². The van der Waals surface area contributed by atoms with Crippen molar-refractivity contribution in [1.29, 1.82) is 0 Å². The van der Waals surface area contributed by atoms with Gasteiger partial charge >= 0.3 is 0 Å². The molecule has 7 rings (SSSR count). The van der Waals surface area contributed by atoms with E-state index in [0.717, 1.165) is 0 Å². The Morgan fingerprint density at radius 1 is 0.905 bits per heavy atom. The molecule has 1 aliphatic carbocycles. The molecule has 0 aromatic heterocycles. The van der Waals surface area contributed by atoms with Crippen molar-refractivity contribution in [2.75, 3.05) is 4.90 Å². The Morgan fingerprint density at radius 2 is 1.55 bits per heavy atom. The highest BCUT2D eigenvalue weighted by Crippen LogP contribution is 2.61. The van der Waals surface area contributed by atoms with Crippen LogP contribution in [0.4, 0.5) is 15.8 Å². The lowest BCUT2D eigenvalue weighted by molar-refractivity contribution is -0.384. The minimum atomic E-state index is -1.79. The average Bonchev–Trinajstić information content (AvgIpc) is 3.43. The van der Waals surface area contributed by atoms with E-state index >= 15 is 0 Å². The first-order valence-corrected chi connectivity index (χ1v) is 13.6. The van der Waals surface area contributed by atoms with Gasteiger partial charge in [-0.3, -0.25) is 24.5 Å². The third kappa shape index (κ3) is 3.42. The van der Waals surface area contributed by atoms with E-state index in [2.05, 4.69) is 0 Å². The van der Waals surface area contributed by atoms with Crippen molar-refractivity contribution in [1.82, 2.24) is 0 Å². The van der Waals surface area contributed by atoms with Gasteiger partial charge in [0.25, 0.3) is 5.69 Å². The number of hydrogen-bond donors (Lipinski definition) is 0. The Balaban J connectivity index is 1.55. The van der Waals surface area contributed by atoms with Gasteiger partial charge in [0.05, 0.1) is 16.0 Å². The molecule has 0 bridgehead atoms. The summed E-state index contributed by atoms with van der Waals surface area (Å²) in [6.07, 6.45) is 3.35. The molecule has 0 N–H and O–H groups in total. The summed E-state index contributed by atoms with van der Waals surface area (Å²) in [6.45, 7) is 0. The molecule has 2 heterocycles. The van der Waals surface area contributed by atoms with Gasteiger partial charge in [0, 0.05) is 46.0 Å². The van der Waals surface area contributed by atoms with E-state index in [-0.39, 0.29) is 27.4 Å². The topological polar surface area (TPSA) is 97.6 Å². The first kappa shape index (κ1) is 26.0. The molecule has 4 aromatic carbocycles. The van der Waals surface area contributed by atoms with Crippen LogP contribution in [0.3, 0.4) is 0 Å². The average molecular weight is 579 g/mol. The molecule has 7 nitrogen and oxygen atoms in total. The number of anilines is 1. The maximum absolute atomic E-state index is 14.6.